The van der Waals surface area contributed by atoms with Crippen LogP contribution >= 0.6 is 0 Å². The molecule has 0 saturated carbocycles. The van der Waals surface area contributed by atoms with Crippen LogP contribution in [-0.2, 0) is 25.8 Å². The number of hydrogen-bond acceptors (Lipinski definition) is 5. The normalized spacial score (nSPS) is 11.7. The molecule has 1 aromatic rings. The van der Waals surface area contributed by atoms with Gasteiger partial charge >= 0.3 is 5.97 Å². The molecule has 0 aliphatic rings. The number of benzene rings is 1. The summed E-state index contributed by atoms with van der Waals surface area (Å²) >= 11 is 0. The van der Waals surface area contributed by atoms with Gasteiger partial charge in [0.25, 0.3) is 0 Å². The maximum absolute atomic E-state index is 11.4. The SMILES string of the molecule is COC(=O)C(CNOCc1ccccc1)NC(C)=O. The number of ether oxygens (including phenoxy) is 1. The van der Waals surface area contributed by atoms with Gasteiger partial charge in [0, 0.05) is 6.92 Å². The Kier molecular flexibility index (Phi) is 6.56. The van der Waals surface area contributed by atoms with Crippen molar-refractivity contribution in [3.63, 3.8) is 0 Å². The van der Waals surface area contributed by atoms with Crippen LogP contribution in [0.1, 0.15) is 12.5 Å². The second-order valence-electron chi connectivity index (χ2n) is 3.90. The van der Waals surface area contributed by atoms with Crippen LogP contribution in [0, 0.1) is 0 Å². The van der Waals surface area contributed by atoms with Gasteiger partial charge in [-0.1, -0.05) is 30.3 Å². The number of carbonyl (C=O) groups excluding carboxylic acids is 2. The van der Waals surface area contributed by atoms with Crippen LogP contribution in [-0.4, -0.2) is 31.6 Å². The Morgan fingerprint density at radius 3 is 2.53 bits per heavy atom. The van der Waals surface area contributed by atoms with Crippen molar-refractivity contribution in [2.45, 2.75) is 19.6 Å². The van der Waals surface area contributed by atoms with Crippen molar-refractivity contribution in [1.82, 2.24) is 10.8 Å². The molecule has 0 aromatic heterocycles. The Hall–Kier alpha value is -1.92. The highest BCUT2D eigenvalue weighted by Crippen LogP contribution is 1.99. The standard InChI is InChI=1S/C13H18N2O4/c1-10(16)15-12(13(17)18-2)8-14-19-9-11-6-4-3-5-7-11/h3-7,12,14H,8-9H2,1-2H3,(H,15,16). The van der Waals surface area contributed by atoms with E-state index in [-0.39, 0.29) is 12.5 Å². The third-order valence-corrected chi connectivity index (χ3v) is 2.33. The van der Waals surface area contributed by atoms with Crippen LogP contribution in [0.5, 0.6) is 0 Å². The summed E-state index contributed by atoms with van der Waals surface area (Å²) in [7, 11) is 1.27. The maximum Gasteiger partial charge on any atom is 0.329 e. The van der Waals surface area contributed by atoms with E-state index in [2.05, 4.69) is 15.5 Å². The molecule has 1 atom stereocenters. The summed E-state index contributed by atoms with van der Waals surface area (Å²) in [5.41, 5.74) is 3.64. The molecule has 0 spiro atoms. The van der Waals surface area contributed by atoms with Crippen molar-refractivity contribution in [3.8, 4) is 0 Å². The van der Waals surface area contributed by atoms with E-state index in [1.807, 2.05) is 30.3 Å². The van der Waals surface area contributed by atoms with Gasteiger partial charge in [0.15, 0.2) is 0 Å². The maximum atomic E-state index is 11.4. The lowest BCUT2D eigenvalue weighted by atomic mass is 10.2. The molecule has 0 aliphatic carbocycles. The van der Waals surface area contributed by atoms with Gasteiger partial charge in [-0.25, -0.2) is 4.79 Å². The van der Waals surface area contributed by atoms with Crippen LogP contribution in [0.4, 0.5) is 0 Å². The zero-order chi connectivity index (χ0) is 14.1. The van der Waals surface area contributed by atoms with Gasteiger partial charge in [0.1, 0.15) is 6.04 Å². The molecule has 19 heavy (non-hydrogen) atoms. The molecule has 6 nitrogen and oxygen atoms in total. The molecule has 2 N–H and O–H groups in total. The predicted molar refractivity (Wildman–Crippen MR) is 68.9 cm³/mol. The van der Waals surface area contributed by atoms with E-state index < -0.39 is 12.0 Å². The minimum absolute atomic E-state index is 0.138. The quantitative estimate of drug-likeness (QED) is 0.424. The molecule has 1 rings (SSSR count). The number of methoxy groups -OCH3 is 1. The second-order valence-corrected chi connectivity index (χ2v) is 3.90. The topological polar surface area (TPSA) is 76.7 Å². The predicted octanol–water partition coefficient (Wildman–Crippen LogP) is 0.385. The molecule has 1 amide bonds. The molecule has 0 heterocycles. The lowest BCUT2D eigenvalue weighted by molar-refractivity contribution is -0.145. The van der Waals surface area contributed by atoms with Gasteiger partial charge in [-0.05, 0) is 5.56 Å². The van der Waals surface area contributed by atoms with Crippen LogP contribution in [0.3, 0.4) is 0 Å². The van der Waals surface area contributed by atoms with E-state index >= 15 is 0 Å². The van der Waals surface area contributed by atoms with Gasteiger partial charge in [0.05, 0.1) is 20.3 Å². The summed E-state index contributed by atoms with van der Waals surface area (Å²) in [6.07, 6.45) is 0. The van der Waals surface area contributed by atoms with Crippen molar-refractivity contribution in [1.29, 1.82) is 0 Å². The van der Waals surface area contributed by atoms with Gasteiger partial charge in [-0.3, -0.25) is 9.63 Å². The summed E-state index contributed by atoms with van der Waals surface area (Å²) in [5, 5.41) is 2.47. The first-order valence-corrected chi connectivity index (χ1v) is 5.87. The van der Waals surface area contributed by atoms with Crippen LogP contribution < -0.4 is 10.8 Å². The molecule has 0 bridgehead atoms. The highest BCUT2D eigenvalue weighted by molar-refractivity contribution is 5.83. The first-order chi connectivity index (χ1) is 9.13. The van der Waals surface area contributed by atoms with E-state index in [9.17, 15) is 9.59 Å². The van der Waals surface area contributed by atoms with Crippen LogP contribution in [0.15, 0.2) is 30.3 Å². The number of carbonyl (C=O) groups is 2. The number of nitrogens with one attached hydrogen (secondary N) is 2. The Labute approximate surface area is 112 Å². The molecule has 0 saturated heterocycles. The third-order valence-electron chi connectivity index (χ3n) is 2.33. The van der Waals surface area contributed by atoms with E-state index in [1.165, 1.54) is 14.0 Å². The van der Waals surface area contributed by atoms with Gasteiger partial charge in [-0.2, -0.15) is 5.48 Å². The number of amides is 1. The van der Waals surface area contributed by atoms with Crippen LogP contribution in [0.2, 0.25) is 0 Å². The molecule has 1 unspecified atom stereocenters. The van der Waals surface area contributed by atoms with Crippen molar-refractivity contribution in [2.24, 2.45) is 0 Å². The highest BCUT2D eigenvalue weighted by Gasteiger charge is 2.19. The molecule has 0 radical (unpaired) electrons. The molecule has 0 aliphatic heterocycles. The minimum Gasteiger partial charge on any atom is -0.467 e. The number of hydrogen-bond donors (Lipinski definition) is 2. The Bertz CT molecular complexity index is 408. The Balaban J connectivity index is 2.32. The lowest BCUT2D eigenvalue weighted by Crippen LogP contribution is -2.47. The van der Waals surface area contributed by atoms with E-state index in [1.54, 1.807) is 0 Å². The molecule has 104 valence electrons. The number of rotatable bonds is 7. The fraction of sp³-hybridized carbons (Fsp3) is 0.385. The number of hydroxylamine groups is 1. The van der Waals surface area contributed by atoms with E-state index in [0.29, 0.717) is 6.61 Å². The summed E-state index contributed by atoms with van der Waals surface area (Å²) in [6, 6.07) is 8.82. The molecular formula is C13H18N2O4. The van der Waals surface area contributed by atoms with Gasteiger partial charge in [-0.15, -0.1) is 0 Å². The monoisotopic (exact) mass is 266 g/mol. The van der Waals surface area contributed by atoms with Crippen molar-refractivity contribution >= 4 is 11.9 Å². The molecule has 6 heteroatoms. The summed E-state index contributed by atoms with van der Waals surface area (Å²) < 4.78 is 4.58. The molecule has 1 aromatic carbocycles. The van der Waals surface area contributed by atoms with Gasteiger partial charge in [0.2, 0.25) is 5.91 Å². The Morgan fingerprint density at radius 2 is 1.95 bits per heavy atom. The largest absolute Gasteiger partial charge is 0.467 e. The molecular weight excluding hydrogens is 248 g/mol. The van der Waals surface area contributed by atoms with Crippen LogP contribution in [0.25, 0.3) is 0 Å². The smallest absolute Gasteiger partial charge is 0.329 e. The zero-order valence-electron chi connectivity index (χ0n) is 11.0. The van der Waals surface area contributed by atoms with Crippen molar-refractivity contribution in [3.05, 3.63) is 35.9 Å². The Morgan fingerprint density at radius 1 is 1.26 bits per heavy atom. The lowest BCUT2D eigenvalue weighted by Gasteiger charge is -2.15. The fourth-order valence-electron chi connectivity index (χ4n) is 1.43. The minimum atomic E-state index is -0.765. The summed E-state index contributed by atoms with van der Waals surface area (Å²) in [5.74, 6) is -0.828. The summed E-state index contributed by atoms with van der Waals surface area (Å²) in [4.78, 5) is 27.5. The summed E-state index contributed by atoms with van der Waals surface area (Å²) in [6.45, 7) is 1.84. The first-order valence-electron chi connectivity index (χ1n) is 5.87. The highest BCUT2D eigenvalue weighted by atomic mass is 16.6. The van der Waals surface area contributed by atoms with E-state index in [0.717, 1.165) is 5.56 Å². The van der Waals surface area contributed by atoms with Crippen molar-refractivity contribution in [2.75, 3.05) is 13.7 Å². The average Bonchev–Trinajstić information content (AvgIpc) is 2.42. The van der Waals surface area contributed by atoms with Crippen molar-refractivity contribution < 1.29 is 19.2 Å². The number of esters is 1. The van der Waals surface area contributed by atoms with Gasteiger partial charge < -0.3 is 10.1 Å². The third kappa shape index (κ3) is 5.98. The second kappa shape index (κ2) is 8.23. The molecule has 0 fully saturated rings. The average molecular weight is 266 g/mol. The fourth-order valence-corrected chi connectivity index (χ4v) is 1.43. The van der Waals surface area contributed by atoms with E-state index in [4.69, 9.17) is 4.84 Å². The zero-order valence-corrected chi connectivity index (χ0v) is 11.0. The first kappa shape index (κ1) is 15.1.